The molecule has 0 aromatic carbocycles. The van der Waals surface area contributed by atoms with Crippen molar-refractivity contribution in [2.24, 2.45) is 0 Å². The topological polar surface area (TPSA) is 9.49 Å². The Hall–Kier alpha value is -1.01. The molecule has 0 rings (SSSR count). The SMILES string of the molecule is C[N+](C)=C(N(CF)CF)N(CCF)CCF. The van der Waals surface area contributed by atoms with Crippen LogP contribution in [0.4, 0.5) is 17.6 Å². The van der Waals surface area contributed by atoms with Crippen molar-refractivity contribution in [3.05, 3.63) is 0 Å². The Morgan fingerprint density at radius 1 is 0.875 bits per heavy atom. The van der Waals surface area contributed by atoms with Gasteiger partial charge in [-0.1, -0.05) is 0 Å². The zero-order valence-electron chi connectivity index (χ0n) is 9.60. The average molecular weight is 244 g/mol. The smallest absolute Gasteiger partial charge is 0.270 e. The molecule has 0 heterocycles. The molecule has 0 atom stereocenters. The largest absolute Gasteiger partial charge is 0.354 e. The first kappa shape index (κ1) is 15.0. The second kappa shape index (κ2) is 8.18. The van der Waals surface area contributed by atoms with E-state index in [0.717, 1.165) is 4.90 Å². The molecule has 0 aromatic heterocycles. The summed E-state index contributed by atoms with van der Waals surface area (Å²) in [4.78, 5) is 2.05. The molecule has 0 radical (unpaired) electrons. The van der Waals surface area contributed by atoms with Gasteiger partial charge < -0.3 is 0 Å². The van der Waals surface area contributed by atoms with Crippen LogP contribution in [0.5, 0.6) is 0 Å². The number of rotatable bonds is 6. The van der Waals surface area contributed by atoms with E-state index in [1.807, 2.05) is 0 Å². The molecule has 0 aliphatic carbocycles. The summed E-state index contributed by atoms with van der Waals surface area (Å²) in [6.07, 6.45) is 0. The minimum atomic E-state index is -1.04. The number of guanidine groups is 1. The van der Waals surface area contributed by atoms with Crippen molar-refractivity contribution in [2.45, 2.75) is 0 Å². The van der Waals surface area contributed by atoms with Crippen LogP contribution in [-0.4, -0.2) is 74.5 Å². The van der Waals surface area contributed by atoms with Crippen molar-refractivity contribution >= 4 is 5.96 Å². The highest BCUT2D eigenvalue weighted by Crippen LogP contribution is 2.01. The number of hydrogen-bond donors (Lipinski definition) is 0. The van der Waals surface area contributed by atoms with Gasteiger partial charge in [0.25, 0.3) is 0 Å². The van der Waals surface area contributed by atoms with Gasteiger partial charge in [-0.05, 0) is 0 Å². The van der Waals surface area contributed by atoms with Gasteiger partial charge in [0.05, 0.1) is 27.2 Å². The highest BCUT2D eigenvalue weighted by atomic mass is 19.1. The Kier molecular flexibility index (Phi) is 7.66. The second-order valence-electron chi connectivity index (χ2n) is 3.34. The van der Waals surface area contributed by atoms with Crippen LogP contribution < -0.4 is 0 Å². The van der Waals surface area contributed by atoms with E-state index in [1.165, 1.54) is 9.48 Å². The maximum atomic E-state index is 12.5. The van der Waals surface area contributed by atoms with E-state index in [9.17, 15) is 17.6 Å². The quantitative estimate of drug-likeness (QED) is 0.227. The molecule has 0 bridgehead atoms. The first-order valence-electron chi connectivity index (χ1n) is 4.90. The second-order valence-corrected chi connectivity index (χ2v) is 3.34. The first-order valence-corrected chi connectivity index (χ1v) is 4.90. The van der Waals surface area contributed by atoms with Gasteiger partial charge in [0, 0.05) is 0 Å². The van der Waals surface area contributed by atoms with E-state index in [0.29, 0.717) is 0 Å². The lowest BCUT2D eigenvalue weighted by Gasteiger charge is -2.24. The molecule has 0 aromatic rings. The summed E-state index contributed by atoms with van der Waals surface area (Å²) in [5.74, 6) is 0.139. The van der Waals surface area contributed by atoms with Gasteiger partial charge in [0.2, 0.25) is 13.6 Å². The van der Waals surface area contributed by atoms with Gasteiger partial charge in [0.1, 0.15) is 13.3 Å². The molecule has 3 nitrogen and oxygen atoms in total. The monoisotopic (exact) mass is 244 g/mol. The molecule has 7 heteroatoms. The molecule has 0 saturated carbocycles. The van der Waals surface area contributed by atoms with Gasteiger partial charge in [-0.2, -0.15) is 0 Å². The third-order valence-corrected chi connectivity index (χ3v) is 1.96. The highest BCUT2D eigenvalue weighted by Gasteiger charge is 2.27. The molecule has 0 fully saturated rings. The standard InChI is InChI=1S/C9H18F4N3/c1-14(2)9(16(7-12)8-13)15(5-3-10)6-4-11/h3-8H2,1-2H3/q+1. The molecule has 0 unspecified atom stereocenters. The van der Waals surface area contributed by atoms with Crippen LogP contribution in [0, 0.1) is 0 Å². The lowest BCUT2D eigenvalue weighted by Crippen LogP contribution is -2.49. The minimum Gasteiger partial charge on any atom is -0.270 e. The molecule has 0 aliphatic rings. The summed E-state index contributed by atoms with van der Waals surface area (Å²) in [6, 6.07) is 0. The Bertz CT molecular complexity index is 209. The summed E-state index contributed by atoms with van der Waals surface area (Å²) in [7, 11) is 3.13. The van der Waals surface area contributed by atoms with Crippen LogP contribution >= 0.6 is 0 Å². The fraction of sp³-hybridized carbons (Fsp3) is 0.889. The summed E-state index contributed by atoms with van der Waals surface area (Å²) in [5.41, 5.74) is 0. The normalized spacial score (nSPS) is 10.1. The Morgan fingerprint density at radius 3 is 1.56 bits per heavy atom. The maximum absolute atomic E-state index is 12.5. The van der Waals surface area contributed by atoms with E-state index >= 15 is 0 Å². The molecule has 0 spiro atoms. The van der Waals surface area contributed by atoms with Crippen molar-refractivity contribution in [3.8, 4) is 0 Å². The molecule has 0 aliphatic heterocycles. The first-order chi connectivity index (χ1) is 7.62. The zero-order valence-corrected chi connectivity index (χ0v) is 9.60. The van der Waals surface area contributed by atoms with Crippen LogP contribution in [0.15, 0.2) is 0 Å². The number of nitrogens with zero attached hydrogens (tertiary/aromatic N) is 3. The van der Waals surface area contributed by atoms with Gasteiger partial charge in [-0.3, -0.25) is 9.48 Å². The van der Waals surface area contributed by atoms with Crippen molar-refractivity contribution < 1.29 is 22.1 Å². The Morgan fingerprint density at radius 2 is 1.31 bits per heavy atom. The number of alkyl halides is 4. The van der Waals surface area contributed by atoms with Gasteiger partial charge in [-0.25, -0.2) is 22.5 Å². The molecule has 0 amide bonds. The Labute approximate surface area is 92.9 Å². The van der Waals surface area contributed by atoms with Crippen molar-refractivity contribution in [2.75, 3.05) is 54.1 Å². The third-order valence-electron chi connectivity index (χ3n) is 1.96. The Balaban J connectivity index is 4.91. The average Bonchev–Trinajstić information content (AvgIpc) is 2.25. The van der Waals surface area contributed by atoms with Crippen LogP contribution in [0.3, 0.4) is 0 Å². The molecule has 16 heavy (non-hydrogen) atoms. The van der Waals surface area contributed by atoms with E-state index in [2.05, 4.69) is 0 Å². The molecular formula is C9H18F4N3+. The summed E-state index contributed by atoms with van der Waals surface area (Å²) >= 11 is 0. The lowest BCUT2D eigenvalue weighted by atomic mass is 10.5. The predicted molar refractivity (Wildman–Crippen MR) is 54.4 cm³/mol. The van der Waals surface area contributed by atoms with E-state index < -0.39 is 26.9 Å². The van der Waals surface area contributed by atoms with Crippen molar-refractivity contribution in [1.82, 2.24) is 9.80 Å². The van der Waals surface area contributed by atoms with E-state index in [1.54, 1.807) is 14.1 Å². The van der Waals surface area contributed by atoms with Crippen LogP contribution in [0.25, 0.3) is 0 Å². The van der Waals surface area contributed by atoms with Gasteiger partial charge >= 0.3 is 5.96 Å². The lowest BCUT2D eigenvalue weighted by molar-refractivity contribution is -0.477. The molecule has 0 N–H and O–H groups in total. The number of hydrogen-bond acceptors (Lipinski definition) is 0. The predicted octanol–water partition coefficient (Wildman–Crippen LogP) is 1.01. The van der Waals surface area contributed by atoms with E-state index in [-0.39, 0.29) is 19.0 Å². The molecular weight excluding hydrogens is 226 g/mol. The number of halogens is 4. The van der Waals surface area contributed by atoms with Crippen molar-refractivity contribution in [1.29, 1.82) is 0 Å². The summed E-state index contributed by atoms with van der Waals surface area (Å²) in [6.45, 7) is -3.67. The third kappa shape index (κ3) is 4.24. The van der Waals surface area contributed by atoms with Gasteiger partial charge in [-0.15, -0.1) is 0 Å². The van der Waals surface area contributed by atoms with Crippen LogP contribution in [0.2, 0.25) is 0 Å². The summed E-state index contributed by atoms with van der Waals surface area (Å²) in [5, 5.41) is 0. The molecule has 0 saturated heterocycles. The zero-order chi connectivity index (χ0) is 12.6. The van der Waals surface area contributed by atoms with Gasteiger partial charge in [0.15, 0.2) is 0 Å². The van der Waals surface area contributed by atoms with Crippen molar-refractivity contribution in [3.63, 3.8) is 0 Å². The van der Waals surface area contributed by atoms with E-state index in [4.69, 9.17) is 0 Å². The molecule has 96 valence electrons. The summed E-state index contributed by atoms with van der Waals surface area (Å²) < 4.78 is 51.0. The van der Waals surface area contributed by atoms with Crippen LogP contribution in [0.1, 0.15) is 0 Å². The highest BCUT2D eigenvalue weighted by molar-refractivity contribution is 5.75. The van der Waals surface area contributed by atoms with Crippen LogP contribution in [-0.2, 0) is 0 Å². The maximum Gasteiger partial charge on any atom is 0.354 e. The fourth-order valence-electron chi connectivity index (χ4n) is 1.42. The fourth-order valence-corrected chi connectivity index (χ4v) is 1.42. The minimum absolute atomic E-state index is 0.0894.